The molecular weight excluding hydrogens is 226 g/mol. The maximum atomic E-state index is 11.8. The molecular formula is C15H17NO2. The van der Waals surface area contributed by atoms with E-state index in [1.54, 1.807) is 6.92 Å². The van der Waals surface area contributed by atoms with Crippen molar-refractivity contribution in [1.82, 2.24) is 4.98 Å². The van der Waals surface area contributed by atoms with Gasteiger partial charge in [0, 0.05) is 5.39 Å². The highest BCUT2D eigenvalue weighted by Gasteiger charge is 2.12. The number of carbonyl (C=O) groups excluding carboxylic acids is 1. The van der Waals surface area contributed by atoms with Crippen molar-refractivity contribution in [3.63, 3.8) is 0 Å². The molecule has 0 saturated heterocycles. The largest absolute Gasteiger partial charge is 0.462 e. The summed E-state index contributed by atoms with van der Waals surface area (Å²) < 4.78 is 5.03. The molecule has 1 heterocycles. The number of aryl methyl sites for hydroxylation is 3. The number of ether oxygens (including phenoxy) is 1. The lowest BCUT2D eigenvalue weighted by molar-refractivity contribution is 0.0525. The van der Waals surface area contributed by atoms with Gasteiger partial charge >= 0.3 is 5.97 Å². The Morgan fingerprint density at radius 2 is 1.83 bits per heavy atom. The van der Waals surface area contributed by atoms with Crippen molar-refractivity contribution in [1.29, 1.82) is 0 Å². The Bertz CT molecular complexity index is 617. The molecule has 0 saturated carbocycles. The van der Waals surface area contributed by atoms with Gasteiger partial charge < -0.3 is 4.74 Å². The standard InChI is InChI=1S/C15H17NO2/c1-5-18-15(17)13-8-12-6-9(2)10(3)7-14(12)16-11(13)4/h6-8H,5H2,1-4H3. The molecule has 1 aromatic carbocycles. The van der Waals surface area contributed by atoms with Crippen LogP contribution < -0.4 is 0 Å². The van der Waals surface area contributed by atoms with Gasteiger partial charge in [-0.1, -0.05) is 0 Å². The first-order chi connectivity index (χ1) is 8.52. The van der Waals surface area contributed by atoms with Gasteiger partial charge in [-0.15, -0.1) is 0 Å². The molecule has 0 aliphatic heterocycles. The Labute approximate surface area is 107 Å². The number of fused-ring (bicyclic) bond motifs is 1. The molecule has 1 aromatic heterocycles. The van der Waals surface area contributed by atoms with E-state index in [1.807, 2.05) is 19.1 Å². The van der Waals surface area contributed by atoms with E-state index in [1.165, 1.54) is 11.1 Å². The summed E-state index contributed by atoms with van der Waals surface area (Å²) in [7, 11) is 0. The zero-order valence-electron chi connectivity index (χ0n) is 11.2. The number of pyridine rings is 1. The summed E-state index contributed by atoms with van der Waals surface area (Å²) in [4.78, 5) is 16.3. The molecule has 0 bridgehead atoms. The van der Waals surface area contributed by atoms with Crippen LogP contribution in [0.15, 0.2) is 18.2 Å². The Morgan fingerprint density at radius 3 is 2.50 bits per heavy atom. The average Bonchev–Trinajstić information content (AvgIpc) is 2.31. The summed E-state index contributed by atoms with van der Waals surface area (Å²) in [5.41, 5.74) is 4.58. The highest BCUT2D eigenvalue weighted by atomic mass is 16.5. The molecule has 0 radical (unpaired) electrons. The average molecular weight is 243 g/mol. The predicted molar refractivity (Wildman–Crippen MR) is 71.9 cm³/mol. The Morgan fingerprint density at radius 1 is 1.17 bits per heavy atom. The molecule has 0 amide bonds. The van der Waals surface area contributed by atoms with Crippen LogP contribution in [-0.4, -0.2) is 17.6 Å². The molecule has 3 heteroatoms. The van der Waals surface area contributed by atoms with Crippen molar-refractivity contribution < 1.29 is 9.53 Å². The molecule has 94 valence electrons. The zero-order chi connectivity index (χ0) is 13.3. The molecule has 2 aromatic rings. The monoisotopic (exact) mass is 243 g/mol. The number of nitrogens with zero attached hydrogens (tertiary/aromatic N) is 1. The van der Waals surface area contributed by atoms with Crippen LogP contribution in [0.1, 0.15) is 34.1 Å². The van der Waals surface area contributed by atoms with Crippen LogP contribution in [0.2, 0.25) is 0 Å². The van der Waals surface area contributed by atoms with Gasteiger partial charge in [-0.05, 0) is 57.0 Å². The maximum Gasteiger partial charge on any atom is 0.339 e. The first kappa shape index (κ1) is 12.6. The van der Waals surface area contributed by atoms with Crippen LogP contribution in [0, 0.1) is 20.8 Å². The first-order valence-corrected chi connectivity index (χ1v) is 6.08. The first-order valence-electron chi connectivity index (χ1n) is 6.08. The van der Waals surface area contributed by atoms with Gasteiger partial charge in [0.25, 0.3) is 0 Å². The van der Waals surface area contributed by atoms with Crippen molar-refractivity contribution in [3.05, 3.63) is 40.6 Å². The second-order valence-corrected chi connectivity index (χ2v) is 4.47. The molecule has 18 heavy (non-hydrogen) atoms. The zero-order valence-corrected chi connectivity index (χ0v) is 11.2. The van der Waals surface area contributed by atoms with Gasteiger partial charge in [0.2, 0.25) is 0 Å². The van der Waals surface area contributed by atoms with Gasteiger partial charge in [-0.2, -0.15) is 0 Å². The summed E-state index contributed by atoms with van der Waals surface area (Å²) in [6.07, 6.45) is 0. The maximum absolute atomic E-state index is 11.8. The molecule has 0 unspecified atom stereocenters. The Hall–Kier alpha value is -1.90. The van der Waals surface area contributed by atoms with E-state index < -0.39 is 0 Å². The van der Waals surface area contributed by atoms with E-state index in [-0.39, 0.29) is 5.97 Å². The van der Waals surface area contributed by atoms with Crippen molar-refractivity contribution >= 4 is 16.9 Å². The lowest BCUT2D eigenvalue weighted by Gasteiger charge is -2.08. The van der Waals surface area contributed by atoms with Gasteiger partial charge in [0.1, 0.15) is 0 Å². The van der Waals surface area contributed by atoms with Crippen molar-refractivity contribution in [2.75, 3.05) is 6.61 Å². The highest BCUT2D eigenvalue weighted by molar-refractivity contribution is 5.95. The van der Waals surface area contributed by atoms with Crippen molar-refractivity contribution in [2.45, 2.75) is 27.7 Å². The van der Waals surface area contributed by atoms with Crippen LogP contribution >= 0.6 is 0 Å². The summed E-state index contributed by atoms with van der Waals surface area (Å²) in [6.45, 7) is 8.13. The molecule has 0 aliphatic rings. The third kappa shape index (κ3) is 2.21. The lowest BCUT2D eigenvalue weighted by atomic mass is 10.0. The fourth-order valence-electron chi connectivity index (χ4n) is 1.95. The summed E-state index contributed by atoms with van der Waals surface area (Å²) >= 11 is 0. The lowest BCUT2D eigenvalue weighted by Crippen LogP contribution is -2.08. The third-order valence-corrected chi connectivity index (χ3v) is 3.12. The van der Waals surface area contributed by atoms with Gasteiger partial charge in [0.15, 0.2) is 0 Å². The van der Waals surface area contributed by atoms with E-state index >= 15 is 0 Å². The van der Waals surface area contributed by atoms with Crippen LogP contribution in [0.25, 0.3) is 10.9 Å². The van der Waals surface area contributed by atoms with Crippen molar-refractivity contribution in [3.8, 4) is 0 Å². The summed E-state index contributed by atoms with van der Waals surface area (Å²) in [5, 5.41) is 0.978. The number of aromatic nitrogens is 1. The second kappa shape index (κ2) is 4.77. The fourth-order valence-corrected chi connectivity index (χ4v) is 1.95. The van der Waals surface area contributed by atoms with Gasteiger partial charge in [0.05, 0.1) is 23.4 Å². The third-order valence-electron chi connectivity index (χ3n) is 3.12. The number of esters is 1. The number of rotatable bonds is 2. The fraction of sp³-hybridized carbons (Fsp3) is 0.333. The minimum Gasteiger partial charge on any atom is -0.462 e. The Kier molecular flexibility index (Phi) is 3.32. The Balaban J connectivity index is 2.61. The van der Waals surface area contributed by atoms with Crippen LogP contribution in [0.3, 0.4) is 0 Å². The molecule has 0 spiro atoms. The van der Waals surface area contributed by atoms with E-state index in [4.69, 9.17) is 4.74 Å². The molecule has 0 N–H and O–H groups in total. The van der Waals surface area contributed by atoms with E-state index in [9.17, 15) is 4.79 Å². The molecule has 2 rings (SSSR count). The molecule has 3 nitrogen and oxygen atoms in total. The van der Waals surface area contributed by atoms with E-state index in [2.05, 4.69) is 24.9 Å². The minimum atomic E-state index is -0.303. The normalized spacial score (nSPS) is 10.7. The smallest absolute Gasteiger partial charge is 0.339 e. The number of carbonyl (C=O) groups is 1. The predicted octanol–water partition coefficient (Wildman–Crippen LogP) is 3.34. The molecule has 0 fully saturated rings. The van der Waals surface area contributed by atoms with Gasteiger partial charge in [-0.3, -0.25) is 4.98 Å². The SMILES string of the molecule is CCOC(=O)c1cc2cc(C)c(C)cc2nc1C. The molecule has 0 aliphatic carbocycles. The van der Waals surface area contributed by atoms with Crippen LogP contribution in [0.4, 0.5) is 0 Å². The quantitative estimate of drug-likeness (QED) is 0.759. The number of hydrogen-bond donors (Lipinski definition) is 0. The van der Waals surface area contributed by atoms with Crippen molar-refractivity contribution in [2.24, 2.45) is 0 Å². The van der Waals surface area contributed by atoms with Gasteiger partial charge in [-0.25, -0.2) is 4.79 Å². The van der Waals surface area contributed by atoms with E-state index in [0.717, 1.165) is 10.9 Å². The highest BCUT2D eigenvalue weighted by Crippen LogP contribution is 2.21. The molecule has 0 atom stereocenters. The van der Waals surface area contributed by atoms with E-state index in [0.29, 0.717) is 17.9 Å². The number of hydrogen-bond acceptors (Lipinski definition) is 3. The minimum absolute atomic E-state index is 0.303. The second-order valence-electron chi connectivity index (χ2n) is 4.47. The van der Waals surface area contributed by atoms with Crippen LogP contribution in [0.5, 0.6) is 0 Å². The topological polar surface area (TPSA) is 39.2 Å². The summed E-state index contributed by atoms with van der Waals surface area (Å²) in [5.74, 6) is -0.303. The summed E-state index contributed by atoms with van der Waals surface area (Å²) in [6, 6.07) is 5.97. The number of benzene rings is 1. The van der Waals surface area contributed by atoms with Crippen LogP contribution in [-0.2, 0) is 4.74 Å².